The van der Waals surface area contributed by atoms with E-state index in [2.05, 4.69) is 28.2 Å². The number of aromatic hydroxyl groups is 1. The molecule has 0 saturated carbocycles. The molecule has 6 nitrogen and oxygen atoms in total. The van der Waals surface area contributed by atoms with Gasteiger partial charge in [-0.2, -0.15) is 11.8 Å². The molecule has 1 aliphatic carbocycles. The van der Waals surface area contributed by atoms with Gasteiger partial charge in [0.2, 0.25) is 0 Å². The molecule has 2 atom stereocenters. The summed E-state index contributed by atoms with van der Waals surface area (Å²) in [4.78, 5) is 27.1. The summed E-state index contributed by atoms with van der Waals surface area (Å²) in [5, 5.41) is 13.8. The standard InChI is InChI=1S/C28H30BrNO5S/c1-4-36-11-10-35-28(33)24-16(2)30-21-13-18(17-8-6-5-7-9-17)14-22(31)26(21)25(24)19-12-20(29)27(32)23(15-19)34-3/h5-9,12,15,18,25,30,32H,4,10-11,13-14H2,1-3H3/t18-,25+/m0/s1. The molecule has 0 spiro atoms. The van der Waals surface area contributed by atoms with Crippen LogP contribution in [0, 0.1) is 0 Å². The quantitative estimate of drug-likeness (QED) is 0.305. The van der Waals surface area contributed by atoms with Gasteiger partial charge in [-0.05, 0) is 64.2 Å². The van der Waals surface area contributed by atoms with Crippen molar-refractivity contribution >= 4 is 39.4 Å². The molecule has 0 unspecified atom stereocenters. The molecule has 2 aliphatic rings. The van der Waals surface area contributed by atoms with Gasteiger partial charge in [0.05, 0.1) is 17.2 Å². The summed E-state index contributed by atoms with van der Waals surface area (Å²) in [6, 6.07) is 13.5. The zero-order valence-corrected chi connectivity index (χ0v) is 23.0. The van der Waals surface area contributed by atoms with Crippen LogP contribution < -0.4 is 10.1 Å². The Bertz CT molecular complexity index is 1220. The molecule has 0 amide bonds. The van der Waals surface area contributed by atoms with Crippen LogP contribution in [-0.4, -0.2) is 42.1 Å². The number of allylic oxidation sites excluding steroid dienone is 3. The largest absolute Gasteiger partial charge is 0.503 e. The molecule has 2 N–H and O–H groups in total. The van der Waals surface area contributed by atoms with Gasteiger partial charge in [-0.1, -0.05) is 37.3 Å². The fourth-order valence-electron chi connectivity index (χ4n) is 4.94. The van der Waals surface area contributed by atoms with Gasteiger partial charge in [-0.3, -0.25) is 4.79 Å². The molecule has 2 aromatic carbocycles. The van der Waals surface area contributed by atoms with Crippen LogP contribution in [0.1, 0.15) is 49.7 Å². The van der Waals surface area contributed by atoms with E-state index in [-0.39, 0.29) is 23.2 Å². The lowest BCUT2D eigenvalue weighted by Gasteiger charge is -2.37. The highest BCUT2D eigenvalue weighted by Crippen LogP contribution is 2.48. The number of benzene rings is 2. The minimum Gasteiger partial charge on any atom is -0.503 e. The Morgan fingerprint density at radius 2 is 1.94 bits per heavy atom. The fourth-order valence-corrected chi connectivity index (χ4v) is 5.88. The summed E-state index contributed by atoms with van der Waals surface area (Å²) >= 11 is 5.09. The van der Waals surface area contributed by atoms with E-state index < -0.39 is 11.9 Å². The van der Waals surface area contributed by atoms with E-state index in [0.29, 0.717) is 52.1 Å². The number of carbonyl (C=O) groups is 2. The van der Waals surface area contributed by atoms with Gasteiger partial charge in [0.15, 0.2) is 17.3 Å². The van der Waals surface area contributed by atoms with Crippen molar-refractivity contribution < 1.29 is 24.2 Å². The number of halogens is 1. The number of hydrogen-bond donors (Lipinski definition) is 2. The number of rotatable bonds is 8. The minimum absolute atomic E-state index is 0.00916. The maximum atomic E-state index is 13.7. The molecule has 1 aliphatic heterocycles. The molecule has 0 bridgehead atoms. The molecular weight excluding hydrogens is 542 g/mol. The van der Waals surface area contributed by atoms with Crippen molar-refractivity contribution in [2.24, 2.45) is 0 Å². The average molecular weight is 573 g/mol. The number of esters is 1. The van der Waals surface area contributed by atoms with Crippen LogP contribution in [0.4, 0.5) is 0 Å². The summed E-state index contributed by atoms with van der Waals surface area (Å²) in [7, 11) is 1.47. The number of dihydropyridines is 1. The fraction of sp³-hybridized carbons (Fsp3) is 0.357. The van der Waals surface area contributed by atoms with E-state index in [4.69, 9.17) is 9.47 Å². The number of ether oxygens (including phenoxy) is 2. The first kappa shape index (κ1) is 26.4. The SMILES string of the molecule is CCSCCOC(=O)C1=C(C)NC2=C(C(=O)C[C@@H](c3ccccc3)C2)[C@@H]1c1cc(Br)c(O)c(OC)c1. The van der Waals surface area contributed by atoms with Gasteiger partial charge in [0, 0.05) is 35.1 Å². The van der Waals surface area contributed by atoms with E-state index in [1.165, 1.54) is 7.11 Å². The van der Waals surface area contributed by atoms with E-state index in [9.17, 15) is 14.7 Å². The van der Waals surface area contributed by atoms with Crippen molar-refractivity contribution in [3.8, 4) is 11.5 Å². The van der Waals surface area contributed by atoms with Crippen molar-refractivity contribution in [3.05, 3.63) is 80.6 Å². The molecule has 36 heavy (non-hydrogen) atoms. The number of methoxy groups -OCH3 is 1. The summed E-state index contributed by atoms with van der Waals surface area (Å²) in [5.74, 6) is 0.830. The van der Waals surface area contributed by atoms with Crippen LogP contribution in [0.5, 0.6) is 11.5 Å². The van der Waals surface area contributed by atoms with Gasteiger partial charge < -0.3 is 19.9 Å². The number of nitrogens with one attached hydrogen (secondary N) is 1. The Kier molecular flexibility index (Phi) is 8.46. The normalized spacial score (nSPS) is 19.6. The first-order chi connectivity index (χ1) is 17.3. The second-order valence-electron chi connectivity index (χ2n) is 8.81. The van der Waals surface area contributed by atoms with Crippen molar-refractivity contribution in [1.29, 1.82) is 0 Å². The predicted molar refractivity (Wildman–Crippen MR) is 145 cm³/mol. The molecule has 0 saturated heterocycles. The second-order valence-corrected chi connectivity index (χ2v) is 11.1. The minimum atomic E-state index is -0.636. The highest BCUT2D eigenvalue weighted by atomic mass is 79.9. The maximum Gasteiger partial charge on any atom is 0.336 e. The number of Topliss-reactive ketones (excluding diaryl/α,β-unsaturated/α-hetero) is 1. The number of phenolic OH excluding ortho intramolecular Hbond substituents is 1. The van der Waals surface area contributed by atoms with Gasteiger partial charge in [0.1, 0.15) is 6.61 Å². The van der Waals surface area contributed by atoms with Crippen molar-refractivity contribution in [1.82, 2.24) is 5.32 Å². The number of ketones is 1. The lowest BCUT2D eigenvalue weighted by atomic mass is 9.71. The van der Waals surface area contributed by atoms with E-state index >= 15 is 0 Å². The Balaban J connectivity index is 1.78. The molecule has 0 fully saturated rings. The third kappa shape index (κ3) is 5.34. The van der Waals surface area contributed by atoms with Gasteiger partial charge in [0.25, 0.3) is 0 Å². The lowest BCUT2D eigenvalue weighted by Crippen LogP contribution is -2.36. The van der Waals surface area contributed by atoms with E-state index in [0.717, 1.165) is 17.0 Å². The Hall–Kier alpha value is -2.71. The van der Waals surface area contributed by atoms with Crippen molar-refractivity contribution in [2.45, 2.75) is 38.5 Å². The molecule has 4 rings (SSSR count). The first-order valence-corrected chi connectivity index (χ1v) is 13.9. The summed E-state index contributed by atoms with van der Waals surface area (Å²) in [6.07, 6.45) is 1.01. The van der Waals surface area contributed by atoms with Crippen LogP contribution in [0.25, 0.3) is 0 Å². The highest BCUT2D eigenvalue weighted by Gasteiger charge is 2.41. The Morgan fingerprint density at radius 3 is 2.64 bits per heavy atom. The number of hydrogen-bond acceptors (Lipinski definition) is 7. The second kappa shape index (κ2) is 11.6. The molecule has 0 radical (unpaired) electrons. The van der Waals surface area contributed by atoms with Crippen molar-refractivity contribution in [3.63, 3.8) is 0 Å². The lowest BCUT2D eigenvalue weighted by molar-refractivity contribution is -0.138. The number of thioether (sulfide) groups is 1. The number of phenols is 1. The highest BCUT2D eigenvalue weighted by molar-refractivity contribution is 9.10. The van der Waals surface area contributed by atoms with Crippen LogP contribution in [0.15, 0.2) is 69.5 Å². The number of carbonyl (C=O) groups excluding carboxylic acids is 2. The molecule has 1 heterocycles. The molecule has 0 aromatic heterocycles. The van der Waals surface area contributed by atoms with Crippen LogP contribution in [0.2, 0.25) is 0 Å². The average Bonchev–Trinajstić information content (AvgIpc) is 2.87. The van der Waals surface area contributed by atoms with E-state index in [1.54, 1.807) is 23.9 Å². The predicted octanol–water partition coefficient (Wildman–Crippen LogP) is 5.82. The Labute approximate surface area is 224 Å². The molecular formula is C28H30BrNO5S. The van der Waals surface area contributed by atoms with Crippen LogP contribution >= 0.6 is 27.7 Å². The van der Waals surface area contributed by atoms with Crippen molar-refractivity contribution in [2.75, 3.05) is 25.2 Å². The van der Waals surface area contributed by atoms with E-state index in [1.807, 2.05) is 37.3 Å². The summed E-state index contributed by atoms with van der Waals surface area (Å²) in [5.41, 5.74) is 4.25. The maximum absolute atomic E-state index is 13.7. The zero-order valence-electron chi connectivity index (χ0n) is 20.6. The zero-order chi connectivity index (χ0) is 25.8. The van der Waals surface area contributed by atoms with Gasteiger partial charge in [-0.25, -0.2) is 4.79 Å². The summed E-state index contributed by atoms with van der Waals surface area (Å²) < 4.78 is 11.4. The smallest absolute Gasteiger partial charge is 0.336 e. The summed E-state index contributed by atoms with van der Waals surface area (Å²) in [6.45, 7) is 4.19. The Morgan fingerprint density at radius 1 is 1.19 bits per heavy atom. The molecule has 2 aromatic rings. The molecule has 190 valence electrons. The van der Waals surface area contributed by atoms with Crippen LogP contribution in [-0.2, 0) is 14.3 Å². The monoisotopic (exact) mass is 571 g/mol. The first-order valence-electron chi connectivity index (χ1n) is 12.0. The third-order valence-electron chi connectivity index (χ3n) is 6.59. The molecule has 8 heteroatoms. The van der Waals surface area contributed by atoms with Crippen LogP contribution in [0.3, 0.4) is 0 Å². The van der Waals surface area contributed by atoms with Gasteiger partial charge in [-0.15, -0.1) is 0 Å². The third-order valence-corrected chi connectivity index (χ3v) is 8.06. The van der Waals surface area contributed by atoms with Gasteiger partial charge >= 0.3 is 5.97 Å². The topological polar surface area (TPSA) is 84.9 Å².